The second-order valence-corrected chi connectivity index (χ2v) is 5.95. The van der Waals surface area contributed by atoms with Crippen LogP contribution in [-0.2, 0) is 6.42 Å². The summed E-state index contributed by atoms with van der Waals surface area (Å²) in [7, 11) is 0. The third-order valence-electron chi connectivity index (χ3n) is 3.22. The highest BCUT2D eigenvalue weighted by molar-refractivity contribution is 7.17. The van der Waals surface area contributed by atoms with Crippen molar-refractivity contribution in [1.29, 1.82) is 0 Å². The number of rotatable bonds is 4. The number of fused-ring (bicyclic) bond motifs is 1. The lowest BCUT2D eigenvalue weighted by Crippen LogP contribution is -2.12. The van der Waals surface area contributed by atoms with Gasteiger partial charge in [0.05, 0.1) is 16.3 Å². The summed E-state index contributed by atoms with van der Waals surface area (Å²) in [6, 6.07) is 4.21. The molecule has 0 radical (unpaired) electrons. The molecule has 3 rings (SSSR count). The van der Waals surface area contributed by atoms with E-state index in [0.29, 0.717) is 6.42 Å². The fraction of sp³-hybridized carbons (Fsp3) is 0.357. The molecule has 20 heavy (non-hydrogen) atoms. The summed E-state index contributed by atoms with van der Waals surface area (Å²) in [5, 5.41) is 16.6. The standard InChI is InChI=1S/C14H16N4OS/c1-9(2)18-14(16-8-17-18)6-12(19)10-5-13-11(15-7-10)3-4-20-13/h3-5,7-9,12,19H,6H2,1-2H3. The Balaban J connectivity index is 1.84. The van der Waals surface area contributed by atoms with Crippen molar-refractivity contribution in [1.82, 2.24) is 19.7 Å². The van der Waals surface area contributed by atoms with E-state index in [-0.39, 0.29) is 6.04 Å². The van der Waals surface area contributed by atoms with Gasteiger partial charge in [-0.25, -0.2) is 9.67 Å². The van der Waals surface area contributed by atoms with Crippen molar-refractivity contribution >= 4 is 21.6 Å². The summed E-state index contributed by atoms with van der Waals surface area (Å²) >= 11 is 1.63. The lowest BCUT2D eigenvalue weighted by molar-refractivity contribution is 0.173. The first-order valence-corrected chi connectivity index (χ1v) is 7.42. The number of hydrogen-bond donors (Lipinski definition) is 1. The van der Waals surface area contributed by atoms with E-state index in [2.05, 4.69) is 15.1 Å². The molecule has 0 saturated heterocycles. The number of pyridine rings is 1. The zero-order valence-corrected chi connectivity index (χ0v) is 12.2. The van der Waals surface area contributed by atoms with Gasteiger partial charge in [-0.15, -0.1) is 11.3 Å². The molecule has 0 aromatic carbocycles. The number of thiophene rings is 1. The molecule has 0 fully saturated rings. The van der Waals surface area contributed by atoms with Gasteiger partial charge in [0.25, 0.3) is 0 Å². The van der Waals surface area contributed by atoms with E-state index in [4.69, 9.17) is 0 Å². The largest absolute Gasteiger partial charge is 0.388 e. The Bertz CT molecular complexity index is 719. The lowest BCUT2D eigenvalue weighted by atomic mass is 10.1. The van der Waals surface area contributed by atoms with Crippen LogP contribution in [0.5, 0.6) is 0 Å². The summed E-state index contributed by atoms with van der Waals surface area (Å²) in [5.41, 5.74) is 1.79. The molecule has 104 valence electrons. The SMILES string of the molecule is CC(C)n1ncnc1CC(O)c1cnc2ccsc2c1. The molecule has 0 aliphatic rings. The average Bonchev–Trinajstić information content (AvgIpc) is 3.05. The predicted octanol–water partition coefficient (Wildman–Crippen LogP) is 2.74. The smallest absolute Gasteiger partial charge is 0.138 e. The van der Waals surface area contributed by atoms with Crippen molar-refractivity contribution in [2.24, 2.45) is 0 Å². The van der Waals surface area contributed by atoms with Gasteiger partial charge in [0.1, 0.15) is 12.2 Å². The fourth-order valence-corrected chi connectivity index (χ4v) is 2.98. The van der Waals surface area contributed by atoms with Crippen LogP contribution >= 0.6 is 11.3 Å². The van der Waals surface area contributed by atoms with Crippen LogP contribution < -0.4 is 0 Å². The second-order valence-electron chi connectivity index (χ2n) is 5.01. The molecule has 3 aromatic heterocycles. The Hall–Kier alpha value is -1.79. The summed E-state index contributed by atoms with van der Waals surface area (Å²) in [5.74, 6) is 0.791. The van der Waals surface area contributed by atoms with Crippen LogP contribution in [0.1, 0.15) is 37.4 Å². The fourth-order valence-electron chi connectivity index (χ4n) is 2.19. The lowest BCUT2D eigenvalue weighted by Gasteiger charge is -2.13. The molecule has 5 nitrogen and oxygen atoms in total. The van der Waals surface area contributed by atoms with Gasteiger partial charge < -0.3 is 5.11 Å². The molecule has 0 amide bonds. The highest BCUT2D eigenvalue weighted by Gasteiger charge is 2.15. The number of nitrogens with zero attached hydrogens (tertiary/aromatic N) is 4. The molecule has 0 bridgehead atoms. The molecule has 1 unspecified atom stereocenters. The Labute approximate surface area is 120 Å². The molecule has 3 aromatic rings. The topological polar surface area (TPSA) is 63.8 Å². The summed E-state index contributed by atoms with van der Waals surface area (Å²) in [6.07, 6.45) is 3.09. The maximum Gasteiger partial charge on any atom is 0.138 e. The zero-order valence-electron chi connectivity index (χ0n) is 11.4. The molecule has 1 atom stereocenters. The van der Waals surface area contributed by atoms with Crippen molar-refractivity contribution in [3.05, 3.63) is 41.4 Å². The summed E-state index contributed by atoms with van der Waals surface area (Å²) < 4.78 is 2.92. The summed E-state index contributed by atoms with van der Waals surface area (Å²) in [4.78, 5) is 8.59. The first-order chi connectivity index (χ1) is 9.65. The maximum atomic E-state index is 10.4. The van der Waals surface area contributed by atoms with Crippen LogP contribution in [0.15, 0.2) is 30.0 Å². The molecule has 0 saturated carbocycles. The third-order valence-corrected chi connectivity index (χ3v) is 4.07. The number of aliphatic hydroxyl groups is 1. The van der Waals surface area contributed by atoms with E-state index < -0.39 is 6.10 Å². The predicted molar refractivity (Wildman–Crippen MR) is 78.7 cm³/mol. The number of hydrogen-bond acceptors (Lipinski definition) is 5. The Morgan fingerprint density at radius 2 is 2.20 bits per heavy atom. The monoisotopic (exact) mass is 288 g/mol. The van der Waals surface area contributed by atoms with E-state index in [1.807, 2.05) is 36.0 Å². The molecule has 0 aliphatic heterocycles. The van der Waals surface area contributed by atoms with E-state index in [1.165, 1.54) is 6.33 Å². The van der Waals surface area contributed by atoms with Crippen LogP contribution in [-0.4, -0.2) is 24.9 Å². The van der Waals surface area contributed by atoms with Crippen LogP contribution in [0.4, 0.5) is 0 Å². The average molecular weight is 288 g/mol. The molecular weight excluding hydrogens is 272 g/mol. The van der Waals surface area contributed by atoms with Gasteiger partial charge in [-0.1, -0.05) is 0 Å². The van der Waals surface area contributed by atoms with Crippen molar-refractivity contribution in [3.63, 3.8) is 0 Å². The van der Waals surface area contributed by atoms with Crippen molar-refractivity contribution < 1.29 is 5.11 Å². The van der Waals surface area contributed by atoms with Crippen molar-refractivity contribution in [2.75, 3.05) is 0 Å². The minimum Gasteiger partial charge on any atom is -0.388 e. The van der Waals surface area contributed by atoms with Crippen LogP contribution in [0.2, 0.25) is 0 Å². The third kappa shape index (κ3) is 2.44. The highest BCUT2D eigenvalue weighted by Crippen LogP contribution is 2.24. The van der Waals surface area contributed by atoms with Gasteiger partial charge in [0, 0.05) is 24.2 Å². The second kappa shape index (κ2) is 5.30. The number of aromatic nitrogens is 4. The number of aliphatic hydroxyl groups excluding tert-OH is 1. The van der Waals surface area contributed by atoms with E-state index >= 15 is 0 Å². The van der Waals surface area contributed by atoms with Crippen molar-refractivity contribution in [3.8, 4) is 0 Å². The minimum absolute atomic E-state index is 0.234. The summed E-state index contributed by atoms with van der Waals surface area (Å²) in [6.45, 7) is 4.09. The zero-order chi connectivity index (χ0) is 14.1. The van der Waals surface area contributed by atoms with Gasteiger partial charge in [-0.2, -0.15) is 5.10 Å². The maximum absolute atomic E-state index is 10.4. The molecule has 0 spiro atoms. The van der Waals surface area contributed by atoms with Crippen LogP contribution in [0.25, 0.3) is 10.2 Å². The first kappa shape index (κ1) is 13.2. The van der Waals surface area contributed by atoms with Gasteiger partial charge in [0.2, 0.25) is 0 Å². The van der Waals surface area contributed by atoms with Crippen LogP contribution in [0.3, 0.4) is 0 Å². The molecule has 3 heterocycles. The van der Waals surface area contributed by atoms with Gasteiger partial charge in [0.15, 0.2) is 0 Å². The van der Waals surface area contributed by atoms with Gasteiger partial charge in [-0.3, -0.25) is 4.98 Å². The van der Waals surface area contributed by atoms with E-state index in [1.54, 1.807) is 17.5 Å². The van der Waals surface area contributed by atoms with Crippen molar-refractivity contribution in [2.45, 2.75) is 32.4 Å². The van der Waals surface area contributed by atoms with Gasteiger partial charge >= 0.3 is 0 Å². The van der Waals surface area contributed by atoms with Crippen LogP contribution in [0, 0.1) is 0 Å². The quantitative estimate of drug-likeness (QED) is 0.801. The Kier molecular flexibility index (Phi) is 3.50. The highest BCUT2D eigenvalue weighted by atomic mass is 32.1. The molecular formula is C14H16N4OS. The Morgan fingerprint density at radius 1 is 1.35 bits per heavy atom. The molecule has 6 heteroatoms. The normalized spacial score (nSPS) is 13.2. The minimum atomic E-state index is -0.615. The van der Waals surface area contributed by atoms with Gasteiger partial charge in [-0.05, 0) is 31.4 Å². The van der Waals surface area contributed by atoms with E-state index in [0.717, 1.165) is 21.6 Å². The first-order valence-electron chi connectivity index (χ1n) is 6.54. The molecule has 0 aliphatic carbocycles. The molecule has 1 N–H and O–H groups in total. The van der Waals surface area contributed by atoms with E-state index in [9.17, 15) is 5.11 Å². The Morgan fingerprint density at radius 3 is 3.00 bits per heavy atom.